The van der Waals surface area contributed by atoms with Crippen molar-refractivity contribution < 1.29 is 19.1 Å². The van der Waals surface area contributed by atoms with Crippen molar-refractivity contribution in [3.63, 3.8) is 0 Å². The van der Waals surface area contributed by atoms with Gasteiger partial charge in [0, 0.05) is 13.1 Å². The molecule has 0 atom stereocenters. The van der Waals surface area contributed by atoms with Gasteiger partial charge in [0.2, 0.25) is 5.91 Å². The number of carbonyl (C=O) groups excluding carboxylic acids is 2. The third-order valence-electron chi connectivity index (χ3n) is 3.77. The number of likely N-dealkylation sites (N-methyl/N-ethyl adjacent to an activating group) is 1. The van der Waals surface area contributed by atoms with Crippen molar-refractivity contribution in [2.45, 2.75) is 45.6 Å². The van der Waals surface area contributed by atoms with Gasteiger partial charge in [-0.05, 0) is 39.5 Å². The Balaban J connectivity index is 2.26. The highest BCUT2D eigenvalue weighted by atomic mass is 16.5. The van der Waals surface area contributed by atoms with Crippen molar-refractivity contribution in [2.24, 2.45) is 5.92 Å². The van der Waals surface area contributed by atoms with E-state index >= 15 is 0 Å². The van der Waals surface area contributed by atoms with Crippen LogP contribution in [0.3, 0.4) is 0 Å². The number of esters is 1. The molecule has 0 aromatic carbocycles. The molecular formula is C14H25NO4. The second kappa shape index (κ2) is 8.15. The Bertz CT molecular complexity index is 294. The monoisotopic (exact) mass is 271 g/mol. The van der Waals surface area contributed by atoms with E-state index in [1.807, 2.05) is 13.8 Å². The Hall–Kier alpha value is -1.10. The molecule has 110 valence electrons. The van der Waals surface area contributed by atoms with Crippen LogP contribution in [0.4, 0.5) is 0 Å². The molecule has 1 aliphatic rings. The van der Waals surface area contributed by atoms with Crippen molar-refractivity contribution in [2.75, 3.05) is 26.8 Å². The van der Waals surface area contributed by atoms with Gasteiger partial charge in [0.1, 0.15) is 6.61 Å². The van der Waals surface area contributed by atoms with Gasteiger partial charge in [-0.2, -0.15) is 0 Å². The van der Waals surface area contributed by atoms with E-state index in [1.165, 1.54) is 7.11 Å². The second-order valence-electron chi connectivity index (χ2n) is 4.87. The van der Waals surface area contributed by atoms with E-state index in [0.29, 0.717) is 13.1 Å². The number of ether oxygens (including phenoxy) is 2. The Labute approximate surface area is 115 Å². The summed E-state index contributed by atoms with van der Waals surface area (Å²) >= 11 is 0. The molecule has 1 aliphatic carbocycles. The first-order valence-corrected chi connectivity index (χ1v) is 7.09. The number of hydrogen-bond donors (Lipinski definition) is 0. The van der Waals surface area contributed by atoms with Crippen LogP contribution in [-0.4, -0.2) is 49.7 Å². The maximum absolute atomic E-state index is 11.8. The maximum atomic E-state index is 11.8. The summed E-state index contributed by atoms with van der Waals surface area (Å²) in [6.45, 7) is 5.50. The normalized spacial score (nSPS) is 22.9. The van der Waals surface area contributed by atoms with Crippen LogP contribution in [0.5, 0.6) is 0 Å². The number of amides is 1. The zero-order chi connectivity index (χ0) is 14.3. The number of nitrogens with zero attached hydrogens (tertiary/aromatic N) is 1. The van der Waals surface area contributed by atoms with E-state index in [4.69, 9.17) is 9.47 Å². The van der Waals surface area contributed by atoms with Crippen LogP contribution in [0.25, 0.3) is 0 Å². The third-order valence-corrected chi connectivity index (χ3v) is 3.77. The maximum Gasteiger partial charge on any atom is 0.308 e. The second-order valence-corrected chi connectivity index (χ2v) is 4.87. The summed E-state index contributed by atoms with van der Waals surface area (Å²) < 4.78 is 10.4. The molecule has 19 heavy (non-hydrogen) atoms. The standard InChI is InChI=1S/C14H25NO4/c1-4-15(5-2)13(16)10-19-12-8-6-11(7-9-12)14(17)18-3/h11-12H,4-10H2,1-3H3. The fourth-order valence-corrected chi connectivity index (χ4v) is 2.49. The molecule has 0 bridgehead atoms. The number of rotatable bonds is 6. The topological polar surface area (TPSA) is 55.8 Å². The van der Waals surface area contributed by atoms with E-state index in [-0.39, 0.29) is 30.5 Å². The molecule has 0 aliphatic heterocycles. The van der Waals surface area contributed by atoms with Crippen molar-refractivity contribution in [3.05, 3.63) is 0 Å². The average molecular weight is 271 g/mol. The lowest BCUT2D eigenvalue weighted by Crippen LogP contribution is -2.36. The van der Waals surface area contributed by atoms with Crippen molar-refractivity contribution in [1.29, 1.82) is 0 Å². The molecule has 1 fully saturated rings. The zero-order valence-corrected chi connectivity index (χ0v) is 12.2. The molecule has 1 amide bonds. The van der Waals surface area contributed by atoms with Gasteiger partial charge in [0.15, 0.2) is 0 Å². The molecule has 1 saturated carbocycles. The molecular weight excluding hydrogens is 246 g/mol. The van der Waals surface area contributed by atoms with Gasteiger partial charge in [-0.3, -0.25) is 9.59 Å². The van der Waals surface area contributed by atoms with Crippen LogP contribution in [0.2, 0.25) is 0 Å². The SMILES string of the molecule is CCN(CC)C(=O)COC1CCC(C(=O)OC)CC1. The largest absolute Gasteiger partial charge is 0.469 e. The molecule has 5 nitrogen and oxygen atoms in total. The van der Waals surface area contributed by atoms with Crippen LogP contribution in [0.1, 0.15) is 39.5 Å². The van der Waals surface area contributed by atoms with Crippen LogP contribution < -0.4 is 0 Å². The van der Waals surface area contributed by atoms with E-state index in [0.717, 1.165) is 25.7 Å². The quantitative estimate of drug-likeness (QED) is 0.689. The van der Waals surface area contributed by atoms with Crippen molar-refractivity contribution >= 4 is 11.9 Å². The van der Waals surface area contributed by atoms with Gasteiger partial charge in [-0.1, -0.05) is 0 Å². The minimum atomic E-state index is -0.127. The minimum absolute atomic E-state index is 0.00309. The number of hydrogen-bond acceptors (Lipinski definition) is 4. The predicted molar refractivity (Wildman–Crippen MR) is 71.6 cm³/mol. The van der Waals surface area contributed by atoms with Gasteiger partial charge < -0.3 is 14.4 Å². The summed E-state index contributed by atoms with van der Waals surface area (Å²) in [4.78, 5) is 24.9. The fraction of sp³-hybridized carbons (Fsp3) is 0.857. The molecule has 0 unspecified atom stereocenters. The Kier molecular flexibility index (Phi) is 6.84. The summed E-state index contributed by atoms with van der Waals surface area (Å²) in [5, 5.41) is 0. The fourth-order valence-electron chi connectivity index (χ4n) is 2.49. The first-order valence-electron chi connectivity index (χ1n) is 7.09. The average Bonchev–Trinajstić information content (AvgIpc) is 2.46. The smallest absolute Gasteiger partial charge is 0.308 e. The van der Waals surface area contributed by atoms with Gasteiger partial charge in [-0.15, -0.1) is 0 Å². The third kappa shape index (κ3) is 4.82. The van der Waals surface area contributed by atoms with Crippen molar-refractivity contribution in [3.8, 4) is 0 Å². The Morgan fingerprint density at radius 1 is 1.11 bits per heavy atom. The molecule has 0 aromatic rings. The summed E-state index contributed by atoms with van der Waals surface area (Å²) in [5.41, 5.74) is 0. The predicted octanol–water partition coefficient (Wildman–Crippen LogP) is 1.60. The van der Waals surface area contributed by atoms with E-state index in [9.17, 15) is 9.59 Å². The molecule has 0 aromatic heterocycles. The van der Waals surface area contributed by atoms with Crippen LogP contribution in [0, 0.1) is 5.92 Å². The first kappa shape index (κ1) is 16.0. The summed E-state index contributed by atoms with van der Waals surface area (Å²) in [5.74, 6) is -0.0823. The van der Waals surface area contributed by atoms with Gasteiger partial charge in [0.05, 0.1) is 19.1 Å². The Morgan fingerprint density at radius 3 is 2.16 bits per heavy atom. The lowest BCUT2D eigenvalue weighted by Gasteiger charge is -2.27. The lowest BCUT2D eigenvalue weighted by molar-refractivity contribution is -0.149. The molecule has 0 radical (unpaired) electrons. The summed E-state index contributed by atoms with van der Waals surface area (Å²) in [6.07, 6.45) is 3.32. The highest BCUT2D eigenvalue weighted by Gasteiger charge is 2.27. The van der Waals surface area contributed by atoms with Crippen molar-refractivity contribution in [1.82, 2.24) is 4.90 Å². The highest BCUT2D eigenvalue weighted by molar-refractivity contribution is 5.77. The Morgan fingerprint density at radius 2 is 1.68 bits per heavy atom. The highest BCUT2D eigenvalue weighted by Crippen LogP contribution is 2.27. The number of carbonyl (C=O) groups is 2. The van der Waals surface area contributed by atoms with Gasteiger partial charge in [0.25, 0.3) is 0 Å². The first-order chi connectivity index (χ1) is 9.12. The lowest BCUT2D eigenvalue weighted by atomic mass is 9.87. The van der Waals surface area contributed by atoms with Crippen LogP contribution >= 0.6 is 0 Å². The molecule has 0 spiro atoms. The number of methoxy groups -OCH3 is 1. The molecule has 5 heteroatoms. The summed E-state index contributed by atoms with van der Waals surface area (Å²) in [7, 11) is 1.42. The van der Waals surface area contributed by atoms with Gasteiger partial charge >= 0.3 is 5.97 Å². The molecule has 0 N–H and O–H groups in total. The molecule has 0 heterocycles. The van der Waals surface area contributed by atoms with E-state index in [2.05, 4.69) is 0 Å². The molecule has 0 saturated heterocycles. The van der Waals surface area contributed by atoms with Crippen LogP contribution in [-0.2, 0) is 19.1 Å². The van der Waals surface area contributed by atoms with Crippen LogP contribution in [0.15, 0.2) is 0 Å². The van der Waals surface area contributed by atoms with Gasteiger partial charge in [-0.25, -0.2) is 0 Å². The minimum Gasteiger partial charge on any atom is -0.469 e. The van der Waals surface area contributed by atoms with E-state index in [1.54, 1.807) is 4.90 Å². The molecule has 1 rings (SSSR count). The zero-order valence-electron chi connectivity index (χ0n) is 12.2. The van der Waals surface area contributed by atoms with E-state index < -0.39 is 0 Å². The summed E-state index contributed by atoms with van der Waals surface area (Å²) in [6, 6.07) is 0.